The summed E-state index contributed by atoms with van der Waals surface area (Å²) in [4.78, 5) is 14.4. The Balaban J connectivity index is 2.21. The zero-order chi connectivity index (χ0) is 20.2. The van der Waals surface area contributed by atoms with Crippen LogP contribution in [0.2, 0.25) is 0 Å². The highest BCUT2D eigenvalue weighted by atomic mass is 32.2. The Morgan fingerprint density at radius 2 is 1.74 bits per heavy atom. The number of nitrogens with zero attached hydrogens (tertiary/aromatic N) is 2. The molecule has 0 saturated carbocycles. The standard InChI is InChI=1S/C20H27N3O3S/c1-15-7-6-8-16(13-15)9-12-20(24)21-18-14-17(27(25,26)23(4)5)10-11-19(18)22(2)3/h6-8,10-11,13-14H,9,12H2,1-5H3,(H,21,24). The second-order valence-corrected chi connectivity index (χ2v) is 9.05. The summed E-state index contributed by atoms with van der Waals surface area (Å²) in [5.41, 5.74) is 3.49. The zero-order valence-electron chi connectivity index (χ0n) is 16.5. The molecule has 0 heterocycles. The number of sulfonamides is 1. The minimum absolute atomic E-state index is 0.145. The van der Waals surface area contributed by atoms with Gasteiger partial charge in [0.2, 0.25) is 15.9 Å². The summed E-state index contributed by atoms with van der Waals surface area (Å²) in [7, 11) is 3.08. The van der Waals surface area contributed by atoms with E-state index in [4.69, 9.17) is 0 Å². The van der Waals surface area contributed by atoms with Gasteiger partial charge in [-0.1, -0.05) is 29.8 Å². The van der Waals surface area contributed by atoms with Gasteiger partial charge in [0.05, 0.1) is 16.3 Å². The molecule has 7 heteroatoms. The van der Waals surface area contributed by atoms with Crippen molar-refractivity contribution in [2.75, 3.05) is 38.4 Å². The third-order valence-electron chi connectivity index (χ3n) is 4.23. The number of hydrogen-bond acceptors (Lipinski definition) is 4. The van der Waals surface area contributed by atoms with Crippen molar-refractivity contribution in [3.05, 3.63) is 53.6 Å². The molecular formula is C20H27N3O3S. The van der Waals surface area contributed by atoms with Gasteiger partial charge in [-0.3, -0.25) is 4.79 Å². The van der Waals surface area contributed by atoms with Crippen molar-refractivity contribution in [1.82, 2.24) is 4.31 Å². The molecule has 0 aliphatic heterocycles. The van der Waals surface area contributed by atoms with Crippen LogP contribution in [0.1, 0.15) is 17.5 Å². The van der Waals surface area contributed by atoms with Gasteiger partial charge in [0.1, 0.15) is 0 Å². The summed E-state index contributed by atoms with van der Waals surface area (Å²) < 4.78 is 25.9. The molecule has 27 heavy (non-hydrogen) atoms. The number of benzene rings is 2. The molecule has 0 atom stereocenters. The first kappa shape index (κ1) is 20.9. The number of hydrogen-bond donors (Lipinski definition) is 1. The molecule has 0 aromatic heterocycles. The molecule has 0 fully saturated rings. The van der Waals surface area contributed by atoms with E-state index in [1.165, 1.54) is 20.2 Å². The normalized spacial score (nSPS) is 11.5. The van der Waals surface area contributed by atoms with E-state index in [9.17, 15) is 13.2 Å². The fourth-order valence-electron chi connectivity index (χ4n) is 2.71. The van der Waals surface area contributed by atoms with Crippen LogP contribution < -0.4 is 10.2 Å². The predicted octanol–water partition coefficient (Wildman–Crippen LogP) is 2.88. The third-order valence-corrected chi connectivity index (χ3v) is 6.04. The first-order chi connectivity index (χ1) is 12.6. The van der Waals surface area contributed by atoms with Crippen LogP contribution in [0.25, 0.3) is 0 Å². The first-order valence-corrected chi connectivity index (χ1v) is 10.1. The van der Waals surface area contributed by atoms with Crippen LogP contribution in [-0.4, -0.2) is 46.8 Å². The van der Waals surface area contributed by atoms with E-state index in [2.05, 4.69) is 11.4 Å². The molecule has 6 nitrogen and oxygen atoms in total. The highest BCUT2D eigenvalue weighted by Gasteiger charge is 2.20. The fraction of sp³-hybridized carbons (Fsp3) is 0.350. The van der Waals surface area contributed by atoms with Gasteiger partial charge in [0, 0.05) is 34.6 Å². The highest BCUT2D eigenvalue weighted by Crippen LogP contribution is 2.28. The molecule has 0 unspecified atom stereocenters. The molecule has 1 N–H and O–H groups in total. The fourth-order valence-corrected chi connectivity index (χ4v) is 3.64. The van der Waals surface area contributed by atoms with Gasteiger partial charge < -0.3 is 10.2 Å². The molecule has 0 aliphatic rings. The quantitative estimate of drug-likeness (QED) is 0.791. The predicted molar refractivity (Wildman–Crippen MR) is 110 cm³/mol. The van der Waals surface area contributed by atoms with Crippen LogP contribution in [-0.2, 0) is 21.2 Å². The Morgan fingerprint density at radius 1 is 1.04 bits per heavy atom. The van der Waals surface area contributed by atoms with E-state index in [1.54, 1.807) is 12.1 Å². The van der Waals surface area contributed by atoms with E-state index in [1.807, 2.05) is 44.1 Å². The Labute approximate surface area is 161 Å². The van der Waals surface area contributed by atoms with Crippen molar-refractivity contribution in [3.63, 3.8) is 0 Å². The Hall–Kier alpha value is -2.38. The van der Waals surface area contributed by atoms with E-state index in [0.717, 1.165) is 21.1 Å². The minimum Gasteiger partial charge on any atom is -0.376 e. The van der Waals surface area contributed by atoms with Gasteiger partial charge >= 0.3 is 0 Å². The van der Waals surface area contributed by atoms with E-state index < -0.39 is 10.0 Å². The molecule has 0 saturated heterocycles. The lowest BCUT2D eigenvalue weighted by Crippen LogP contribution is -2.23. The molecule has 2 aromatic carbocycles. The average molecular weight is 390 g/mol. The van der Waals surface area contributed by atoms with Crippen LogP contribution in [0, 0.1) is 6.92 Å². The molecular weight excluding hydrogens is 362 g/mol. The first-order valence-electron chi connectivity index (χ1n) is 8.70. The molecule has 0 aliphatic carbocycles. The molecule has 146 valence electrons. The highest BCUT2D eigenvalue weighted by molar-refractivity contribution is 7.89. The van der Waals surface area contributed by atoms with Crippen LogP contribution in [0.4, 0.5) is 11.4 Å². The topological polar surface area (TPSA) is 69.7 Å². The van der Waals surface area contributed by atoms with Crippen molar-refractivity contribution < 1.29 is 13.2 Å². The lowest BCUT2D eigenvalue weighted by Gasteiger charge is -2.20. The lowest BCUT2D eigenvalue weighted by atomic mass is 10.1. The minimum atomic E-state index is -3.57. The summed E-state index contributed by atoms with van der Waals surface area (Å²) in [6, 6.07) is 12.8. The van der Waals surface area contributed by atoms with E-state index >= 15 is 0 Å². The largest absolute Gasteiger partial charge is 0.376 e. The number of aryl methyl sites for hydroxylation is 2. The molecule has 2 rings (SSSR count). The summed E-state index contributed by atoms with van der Waals surface area (Å²) >= 11 is 0. The second-order valence-electron chi connectivity index (χ2n) is 6.90. The van der Waals surface area contributed by atoms with Gasteiger partial charge in [-0.15, -0.1) is 0 Å². The number of carbonyl (C=O) groups excluding carboxylic acids is 1. The van der Waals surface area contributed by atoms with Crippen molar-refractivity contribution in [2.45, 2.75) is 24.7 Å². The second kappa shape index (κ2) is 8.54. The van der Waals surface area contributed by atoms with Crippen molar-refractivity contribution in [2.24, 2.45) is 0 Å². The Morgan fingerprint density at radius 3 is 2.33 bits per heavy atom. The van der Waals surface area contributed by atoms with Gasteiger partial charge in [-0.2, -0.15) is 0 Å². The third kappa shape index (κ3) is 5.30. The van der Waals surface area contributed by atoms with E-state index in [-0.39, 0.29) is 10.8 Å². The SMILES string of the molecule is Cc1cccc(CCC(=O)Nc2cc(S(=O)(=O)N(C)C)ccc2N(C)C)c1. The smallest absolute Gasteiger partial charge is 0.242 e. The molecule has 0 spiro atoms. The summed E-state index contributed by atoms with van der Waals surface area (Å²) in [6.07, 6.45) is 0.946. The van der Waals surface area contributed by atoms with Gasteiger partial charge in [0.25, 0.3) is 0 Å². The number of nitrogens with one attached hydrogen (secondary N) is 1. The van der Waals surface area contributed by atoms with Crippen LogP contribution in [0.3, 0.4) is 0 Å². The molecule has 1 amide bonds. The maximum atomic E-state index is 12.5. The number of anilines is 2. The average Bonchev–Trinajstić information content (AvgIpc) is 2.59. The lowest BCUT2D eigenvalue weighted by molar-refractivity contribution is -0.116. The van der Waals surface area contributed by atoms with Gasteiger partial charge in [0.15, 0.2) is 0 Å². The Bertz CT molecular complexity index is 922. The monoisotopic (exact) mass is 389 g/mol. The van der Waals surface area contributed by atoms with Crippen molar-refractivity contribution in [1.29, 1.82) is 0 Å². The Kier molecular flexibility index (Phi) is 6.62. The van der Waals surface area contributed by atoms with Gasteiger partial charge in [-0.05, 0) is 37.1 Å². The zero-order valence-corrected chi connectivity index (χ0v) is 17.3. The summed E-state index contributed by atoms with van der Waals surface area (Å²) in [5, 5.41) is 2.86. The molecule has 2 aromatic rings. The summed E-state index contributed by atoms with van der Waals surface area (Å²) in [6.45, 7) is 2.02. The van der Waals surface area contributed by atoms with Crippen molar-refractivity contribution in [3.8, 4) is 0 Å². The molecule has 0 radical (unpaired) electrons. The molecule has 0 bridgehead atoms. The number of rotatable bonds is 7. The summed E-state index contributed by atoms with van der Waals surface area (Å²) in [5.74, 6) is -0.154. The van der Waals surface area contributed by atoms with Crippen LogP contribution >= 0.6 is 0 Å². The van der Waals surface area contributed by atoms with Crippen LogP contribution in [0.5, 0.6) is 0 Å². The van der Waals surface area contributed by atoms with Crippen molar-refractivity contribution >= 4 is 27.3 Å². The number of carbonyl (C=O) groups is 1. The number of amides is 1. The van der Waals surface area contributed by atoms with Crippen LogP contribution in [0.15, 0.2) is 47.4 Å². The van der Waals surface area contributed by atoms with E-state index in [0.29, 0.717) is 18.5 Å². The maximum absolute atomic E-state index is 12.5. The van der Waals surface area contributed by atoms with Gasteiger partial charge in [-0.25, -0.2) is 12.7 Å². The maximum Gasteiger partial charge on any atom is 0.242 e.